The van der Waals surface area contributed by atoms with Gasteiger partial charge in [0.1, 0.15) is 0 Å². The third-order valence-electron chi connectivity index (χ3n) is 4.35. The molecular weight excluding hydrogens is 254 g/mol. The number of nitrogens with one attached hydrogen (secondary N) is 1. The van der Waals surface area contributed by atoms with Crippen LogP contribution < -0.4 is 5.32 Å². The minimum absolute atomic E-state index is 0.413. The van der Waals surface area contributed by atoms with Crippen LogP contribution in [0.5, 0.6) is 0 Å². The maximum Gasteiger partial charge on any atom is 0.0346 e. The van der Waals surface area contributed by atoms with Gasteiger partial charge in [0.25, 0.3) is 0 Å². The molecule has 1 atom stereocenters. The molecule has 21 heavy (non-hydrogen) atoms. The maximum absolute atomic E-state index is 3.74. The molecule has 1 saturated carbocycles. The Kier molecular flexibility index (Phi) is 4.40. The Morgan fingerprint density at radius 2 is 1.76 bits per heavy atom. The summed E-state index contributed by atoms with van der Waals surface area (Å²) >= 11 is 0. The second-order valence-corrected chi connectivity index (χ2v) is 6.53. The molecule has 110 valence electrons. The van der Waals surface area contributed by atoms with E-state index in [-0.39, 0.29) is 0 Å². The molecule has 1 aliphatic carbocycles. The van der Waals surface area contributed by atoms with Crippen LogP contribution in [0.4, 0.5) is 0 Å². The fraction of sp³-hybridized carbons (Fsp3) is 0.400. The van der Waals surface area contributed by atoms with Gasteiger partial charge in [-0.2, -0.15) is 0 Å². The lowest BCUT2D eigenvalue weighted by molar-refractivity contribution is 0.410. The quantitative estimate of drug-likeness (QED) is 0.780. The van der Waals surface area contributed by atoms with Crippen LogP contribution in [0.15, 0.2) is 54.6 Å². The van der Waals surface area contributed by atoms with Crippen molar-refractivity contribution < 1.29 is 0 Å². The number of hydrogen-bond acceptors (Lipinski definition) is 1. The van der Waals surface area contributed by atoms with E-state index >= 15 is 0 Å². The second-order valence-electron chi connectivity index (χ2n) is 6.53. The van der Waals surface area contributed by atoms with E-state index in [9.17, 15) is 0 Å². The molecule has 1 nitrogen and oxygen atoms in total. The van der Waals surface area contributed by atoms with Gasteiger partial charge >= 0.3 is 0 Å². The summed E-state index contributed by atoms with van der Waals surface area (Å²) in [6.45, 7) is 5.51. The van der Waals surface area contributed by atoms with Crippen molar-refractivity contribution >= 4 is 0 Å². The van der Waals surface area contributed by atoms with E-state index in [0.29, 0.717) is 12.0 Å². The third kappa shape index (κ3) is 3.74. The number of benzene rings is 2. The first-order chi connectivity index (χ1) is 10.2. The first kappa shape index (κ1) is 14.3. The Balaban J connectivity index is 1.68. The van der Waals surface area contributed by atoms with E-state index in [2.05, 4.69) is 73.8 Å². The summed E-state index contributed by atoms with van der Waals surface area (Å²) in [7, 11) is 0. The van der Waals surface area contributed by atoms with Gasteiger partial charge in [0.15, 0.2) is 0 Å². The Morgan fingerprint density at radius 1 is 1.00 bits per heavy atom. The Labute approximate surface area is 128 Å². The summed E-state index contributed by atoms with van der Waals surface area (Å²) in [5, 5.41) is 3.74. The van der Waals surface area contributed by atoms with Crippen LogP contribution in [0.25, 0.3) is 0 Å². The number of rotatable bonds is 6. The van der Waals surface area contributed by atoms with Crippen molar-refractivity contribution in [2.45, 2.75) is 45.2 Å². The summed E-state index contributed by atoms with van der Waals surface area (Å²) in [5.41, 5.74) is 4.31. The highest BCUT2D eigenvalue weighted by Crippen LogP contribution is 2.40. The van der Waals surface area contributed by atoms with Crippen LogP contribution in [-0.2, 0) is 6.54 Å². The zero-order valence-electron chi connectivity index (χ0n) is 13.0. The van der Waals surface area contributed by atoms with E-state index in [1.807, 2.05) is 0 Å². The van der Waals surface area contributed by atoms with E-state index in [1.54, 1.807) is 0 Å². The topological polar surface area (TPSA) is 12.0 Å². The zero-order valence-corrected chi connectivity index (χ0v) is 13.0. The second kappa shape index (κ2) is 6.44. The van der Waals surface area contributed by atoms with Crippen LogP contribution in [0.3, 0.4) is 0 Å². The minimum Gasteiger partial charge on any atom is -0.306 e. The fourth-order valence-electron chi connectivity index (χ4n) is 3.00. The molecule has 0 radical (unpaired) electrons. The highest BCUT2D eigenvalue weighted by Gasteiger charge is 2.23. The molecule has 2 aromatic carbocycles. The summed E-state index contributed by atoms with van der Waals surface area (Å²) in [5.74, 6) is 1.42. The highest BCUT2D eigenvalue weighted by molar-refractivity contribution is 5.29. The lowest BCUT2D eigenvalue weighted by Crippen LogP contribution is -2.25. The van der Waals surface area contributed by atoms with Crippen LogP contribution in [0.2, 0.25) is 0 Å². The standard InChI is InChI=1S/C20H25N/c1-15(2)20(18-8-4-3-5-9-18)21-14-16-7-6-10-19(13-16)17-11-12-17/h3-10,13,15,17,20-21H,11-12,14H2,1-2H3. The van der Waals surface area contributed by atoms with Crippen molar-refractivity contribution in [2.75, 3.05) is 0 Å². The fourth-order valence-corrected chi connectivity index (χ4v) is 3.00. The van der Waals surface area contributed by atoms with Crippen molar-refractivity contribution in [3.05, 3.63) is 71.3 Å². The lowest BCUT2D eigenvalue weighted by atomic mass is 9.95. The van der Waals surface area contributed by atoms with Gasteiger partial charge in [-0.15, -0.1) is 0 Å². The average molecular weight is 279 g/mol. The molecule has 1 N–H and O–H groups in total. The molecule has 0 amide bonds. The average Bonchev–Trinajstić information content (AvgIpc) is 3.33. The van der Waals surface area contributed by atoms with Crippen molar-refractivity contribution in [3.63, 3.8) is 0 Å². The molecule has 0 spiro atoms. The van der Waals surface area contributed by atoms with Crippen molar-refractivity contribution in [1.29, 1.82) is 0 Å². The van der Waals surface area contributed by atoms with Crippen LogP contribution >= 0.6 is 0 Å². The Morgan fingerprint density at radius 3 is 2.43 bits per heavy atom. The van der Waals surface area contributed by atoms with E-state index in [4.69, 9.17) is 0 Å². The van der Waals surface area contributed by atoms with Gasteiger partial charge in [0, 0.05) is 12.6 Å². The summed E-state index contributed by atoms with van der Waals surface area (Å²) in [6.07, 6.45) is 2.74. The van der Waals surface area contributed by atoms with E-state index < -0.39 is 0 Å². The first-order valence-electron chi connectivity index (χ1n) is 8.11. The van der Waals surface area contributed by atoms with E-state index in [0.717, 1.165) is 12.5 Å². The normalized spacial score (nSPS) is 16.1. The predicted molar refractivity (Wildman–Crippen MR) is 89.3 cm³/mol. The molecule has 1 fully saturated rings. The molecule has 3 rings (SSSR count). The molecule has 2 aromatic rings. The zero-order chi connectivity index (χ0) is 14.7. The Hall–Kier alpha value is -1.60. The molecule has 1 unspecified atom stereocenters. The Bertz CT molecular complexity index is 569. The largest absolute Gasteiger partial charge is 0.306 e. The van der Waals surface area contributed by atoms with Gasteiger partial charge in [-0.3, -0.25) is 0 Å². The van der Waals surface area contributed by atoms with Crippen molar-refractivity contribution in [1.82, 2.24) is 5.32 Å². The maximum atomic E-state index is 3.74. The SMILES string of the molecule is CC(C)C(NCc1cccc(C2CC2)c1)c1ccccc1. The van der Waals surface area contributed by atoms with Gasteiger partial charge < -0.3 is 5.32 Å². The van der Waals surface area contributed by atoms with Crippen LogP contribution in [0, 0.1) is 5.92 Å². The summed E-state index contributed by atoms with van der Waals surface area (Å²) in [6, 6.07) is 20.3. The molecule has 1 aliphatic rings. The monoisotopic (exact) mass is 279 g/mol. The molecule has 1 heteroatoms. The predicted octanol–water partition coefficient (Wildman–Crippen LogP) is 5.05. The molecule has 0 heterocycles. The van der Waals surface area contributed by atoms with Crippen molar-refractivity contribution in [2.24, 2.45) is 5.92 Å². The molecule has 0 aliphatic heterocycles. The molecule has 0 aromatic heterocycles. The van der Waals surface area contributed by atoms with Gasteiger partial charge in [-0.05, 0) is 41.4 Å². The molecule has 0 bridgehead atoms. The minimum atomic E-state index is 0.413. The van der Waals surface area contributed by atoms with Gasteiger partial charge in [0.2, 0.25) is 0 Å². The summed E-state index contributed by atoms with van der Waals surface area (Å²) < 4.78 is 0. The van der Waals surface area contributed by atoms with Crippen LogP contribution in [-0.4, -0.2) is 0 Å². The van der Waals surface area contributed by atoms with Crippen LogP contribution in [0.1, 0.15) is 55.3 Å². The van der Waals surface area contributed by atoms with E-state index in [1.165, 1.54) is 29.5 Å². The van der Waals surface area contributed by atoms with Crippen molar-refractivity contribution in [3.8, 4) is 0 Å². The molecule has 0 saturated heterocycles. The first-order valence-corrected chi connectivity index (χ1v) is 8.11. The smallest absolute Gasteiger partial charge is 0.0346 e. The van der Waals surface area contributed by atoms with Gasteiger partial charge in [0.05, 0.1) is 0 Å². The molecular formula is C20H25N. The third-order valence-corrected chi connectivity index (χ3v) is 4.35. The summed E-state index contributed by atoms with van der Waals surface area (Å²) in [4.78, 5) is 0. The highest BCUT2D eigenvalue weighted by atomic mass is 14.9. The van der Waals surface area contributed by atoms with Gasteiger partial charge in [-0.1, -0.05) is 68.4 Å². The number of hydrogen-bond donors (Lipinski definition) is 1. The van der Waals surface area contributed by atoms with Gasteiger partial charge in [-0.25, -0.2) is 0 Å². The lowest BCUT2D eigenvalue weighted by Gasteiger charge is -2.23.